The van der Waals surface area contributed by atoms with Gasteiger partial charge in [-0.3, -0.25) is 0 Å². The molecule has 0 bridgehead atoms. The molecule has 2 aromatic carbocycles. The SMILES string of the molecule is O=C(NCc1nc(-c2cccc(Cl)c2)no1)Oc1ccccc1. The molecule has 1 aromatic heterocycles. The summed E-state index contributed by atoms with van der Waals surface area (Å²) in [5.74, 6) is 1.13. The Morgan fingerprint density at radius 1 is 1.17 bits per heavy atom. The van der Waals surface area contributed by atoms with Crippen LogP contribution in [0, 0.1) is 0 Å². The lowest BCUT2D eigenvalue weighted by molar-refractivity contribution is 0.198. The van der Waals surface area contributed by atoms with Gasteiger partial charge in [-0.05, 0) is 24.3 Å². The molecule has 1 heterocycles. The number of hydrogen-bond acceptors (Lipinski definition) is 5. The molecule has 7 heteroatoms. The smallest absolute Gasteiger partial charge is 0.410 e. The maximum Gasteiger partial charge on any atom is 0.413 e. The number of halogens is 1. The van der Waals surface area contributed by atoms with E-state index in [1.165, 1.54) is 0 Å². The summed E-state index contributed by atoms with van der Waals surface area (Å²) in [6.07, 6.45) is -0.598. The van der Waals surface area contributed by atoms with Crippen molar-refractivity contribution < 1.29 is 14.1 Å². The van der Waals surface area contributed by atoms with E-state index < -0.39 is 6.09 Å². The number of amides is 1. The van der Waals surface area contributed by atoms with Crippen LogP contribution in [-0.2, 0) is 6.54 Å². The predicted octanol–water partition coefficient (Wildman–Crippen LogP) is 3.68. The minimum absolute atomic E-state index is 0.0687. The van der Waals surface area contributed by atoms with Crippen molar-refractivity contribution in [3.8, 4) is 17.1 Å². The fourth-order valence-electron chi connectivity index (χ4n) is 1.85. The van der Waals surface area contributed by atoms with Crippen molar-refractivity contribution in [2.75, 3.05) is 0 Å². The van der Waals surface area contributed by atoms with Crippen LogP contribution in [0.4, 0.5) is 4.79 Å². The van der Waals surface area contributed by atoms with E-state index in [1.54, 1.807) is 42.5 Å². The molecule has 0 radical (unpaired) electrons. The van der Waals surface area contributed by atoms with Gasteiger partial charge in [-0.15, -0.1) is 0 Å². The Morgan fingerprint density at radius 2 is 2.00 bits per heavy atom. The summed E-state index contributed by atoms with van der Waals surface area (Å²) >= 11 is 5.92. The fourth-order valence-corrected chi connectivity index (χ4v) is 2.04. The summed E-state index contributed by atoms with van der Waals surface area (Å²) in [7, 11) is 0. The summed E-state index contributed by atoms with van der Waals surface area (Å²) in [6.45, 7) is 0.0687. The van der Waals surface area contributed by atoms with Gasteiger partial charge in [0.15, 0.2) is 0 Å². The Kier molecular flexibility index (Phi) is 4.54. The van der Waals surface area contributed by atoms with Gasteiger partial charge in [-0.2, -0.15) is 4.98 Å². The summed E-state index contributed by atoms with van der Waals surface area (Å²) < 4.78 is 10.2. The van der Waals surface area contributed by atoms with Crippen LogP contribution in [0.3, 0.4) is 0 Å². The second-order valence-corrected chi connectivity index (χ2v) is 5.01. The average Bonchev–Trinajstić information content (AvgIpc) is 3.03. The molecule has 3 rings (SSSR count). The first-order chi connectivity index (χ1) is 11.2. The van der Waals surface area contributed by atoms with Gasteiger partial charge in [0, 0.05) is 10.6 Å². The van der Waals surface area contributed by atoms with E-state index in [1.807, 2.05) is 12.1 Å². The zero-order valence-electron chi connectivity index (χ0n) is 11.9. The van der Waals surface area contributed by atoms with Gasteiger partial charge >= 0.3 is 6.09 Å². The molecular formula is C16H12ClN3O3. The second-order valence-electron chi connectivity index (χ2n) is 4.58. The summed E-state index contributed by atoms with van der Waals surface area (Å²) in [6, 6.07) is 15.9. The van der Waals surface area contributed by atoms with E-state index in [0.29, 0.717) is 16.6 Å². The van der Waals surface area contributed by atoms with Gasteiger partial charge in [-0.25, -0.2) is 4.79 Å². The van der Waals surface area contributed by atoms with Crippen LogP contribution in [0.25, 0.3) is 11.4 Å². The Morgan fingerprint density at radius 3 is 2.78 bits per heavy atom. The van der Waals surface area contributed by atoms with Crippen LogP contribution < -0.4 is 10.1 Å². The quantitative estimate of drug-likeness (QED) is 0.790. The van der Waals surface area contributed by atoms with E-state index in [4.69, 9.17) is 20.9 Å². The molecule has 6 nitrogen and oxygen atoms in total. The number of nitrogens with one attached hydrogen (secondary N) is 1. The molecule has 0 saturated heterocycles. The van der Waals surface area contributed by atoms with E-state index >= 15 is 0 Å². The Balaban J connectivity index is 1.58. The van der Waals surface area contributed by atoms with Gasteiger partial charge in [0.25, 0.3) is 0 Å². The Labute approximate surface area is 137 Å². The zero-order valence-corrected chi connectivity index (χ0v) is 12.7. The van der Waals surface area contributed by atoms with Crippen LogP contribution in [0.5, 0.6) is 5.75 Å². The average molecular weight is 330 g/mol. The van der Waals surface area contributed by atoms with E-state index in [0.717, 1.165) is 5.56 Å². The van der Waals surface area contributed by atoms with Gasteiger partial charge in [0.05, 0.1) is 0 Å². The lowest BCUT2D eigenvalue weighted by atomic mass is 10.2. The number of carbonyl (C=O) groups is 1. The molecular weight excluding hydrogens is 318 g/mol. The molecule has 0 spiro atoms. The molecule has 0 unspecified atom stereocenters. The number of nitrogens with zero attached hydrogens (tertiary/aromatic N) is 2. The largest absolute Gasteiger partial charge is 0.413 e. The van der Waals surface area contributed by atoms with Crippen LogP contribution in [-0.4, -0.2) is 16.2 Å². The highest BCUT2D eigenvalue weighted by molar-refractivity contribution is 6.30. The molecule has 0 saturated carbocycles. The third kappa shape index (κ3) is 4.08. The monoisotopic (exact) mass is 329 g/mol. The van der Waals surface area contributed by atoms with E-state index in [-0.39, 0.29) is 12.4 Å². The van der Waals surface area contributed by atoms with Crippen molar-refractivity contribution >= 4 is 17.7 Å². The maximum atomic E-state index is 11.7. The molecule has 1 N–H and O–H groups in total. The number of rotatable bonds is 4. The fraction of sp³-hybridized carbons (Fsp3) is 0.0625. The van der Waals surface area contributed by atoms with E-state index in [2.05, 4.69) is 15.5 Å². The number of aromatic nitrogens is 2. The first-order valence-corrected chi connectivity index (χ1v) is 7.18. The molecule has 0 aliphatic rings. The number of ether oxygens (including phenoxy) is 1. The number of hydrogen-bond donors (Lipinski definition) is 1. The number of benzene rings is 2. The highest BCUT2D eigenvalue weighted by Gasteiger charge is 2.11. The topological polar surface area (TPSA) is 77.3 Å². The first kappa shape index (κ1) is 15.1. The second kappa shape index (κ2) is 6.93. The molecule has 0 fully saturated rings. The standard InChI is InChI=1S/C16H12ClN3O3/c17-12-6-4-5-11(9-12)15-19-14(23-20-15)10-18-16(21)22-13-7-2-1-3-8-13/h1-9H,10H2,(H,18,21). The highest BCUT2D eigenvalue weighted by Crippen LogP contribution is 2.19. The maximum absolute atomic E-state index is 11.7. The lowest BCUT2D eigenvalue weighted by Crippen LogP contribution is -2.26. The summed E-state index contributed by atoms with van der Waals surface area (Å²) in [5, 5.41) is 6.97. The van der Waals surface area contributed by atoms with Crippen molar-refractivity contribution in [1.29, 1.82) is 0 Å². The van der Waals surface area contributed by atoms with Crippen molar-refractivity contribution in [2.45, 2.75) is 6.54 Å². The molecule has 0 atom stereocenters. The van der Waals surface area contributed by atoms with Crippen molar-refractivity contribution in [2.24, 2.45) is 0 Å². The van der Waals surface area contributed by atoms with Crippen LogP contribution in [0.1, 0.15) is 5.89 Å². The normalized spacial score (nSPS) is 10.3. The van der Waals surface area contributed by atoms with Gasteiger partial charge in [0.1, 0.15) is 12.3 Å². The Hall–Kier alpha value is -2.86. The lowest BCUT2D eigenvalue weighted by Gasteiger charge is -2.03. The first-order valence-electron chi connectivity index (χ1n) is 6.80. The van der Waals surface area contributed by atoms with Crippen molar-refractivity contribution in [3.63, 3.8) is 0 Å². The number of carbonyl (C=O) groups excluding carboxylic acids is 1. The molecule has 1 amide bonds. The molecule has 116 valence electrons. The zero-order chi connectivity index (χ0) is 16.1. The van der Waals surface area contributed by atoms with Crippen LogP contribution >= 0.6 is 11.6 Å². The van der Waals surface area contributed by atoms with Gasteiger partial charge in [0.2, 0.25) is 11.7 Å². The third-order valence-electron chi connectivity index (χ3n) is 2.89. The van der Waals surface area contributed by atoms with Crippen LogP contribution in [0.2, 0.25) is 5.02 Å². The summed E-state index contributed by atoms with van der Waals surface area (Å²) in [4.78, 5) is 15.9. The van der Waals surface area contributed by atoms with Crippen LogP contribution in [0.15, 0.2) is 59.1 Å². The molecule has 0 aliphatic heterocycles. The molecule has 0 aliphatic carbocycles. The minimum Gasteiger partial charge on any atom is -0.410 e. The van der Waals surface area contributed by atoms with Gasteiger partial charge < -0.3 is 14.6 Å². The summed E-state index contributed by atoms with van der Waals surface area (Å²) in [5.41, 5.74) is 0.736. The van der Waals surface area contributed by atoms with Crippen molar-refractivity contribution in [3.05, 3.63) is 65.5 Å². The predicted molar refractivity (Wildman–Crippen MR) is 84.0 cm³/mol. The molecule has 3 aromatic rings. The third-order valence-corrected chi connectivity index (χ3v) is 3.12. The Bertz CT molecular complexity index is 805. The van der Waals surface area contributed by atoms with Crippen molar-refractivity contribution in [1.82, 2.24) is 15.5 Å². The van der Waals surface area contributed by atoms with E-state index in [9.17, 15) is 4.79 Å². The minimum atomic E-state index is -0.598. The van der Waals surface area contributed by atoms with Gasteiger partial charge in [-0.1, -0.05) is 47.1 Å². The highest BCUT2D eigenvalue weighted by atomic mass is 35.5. The molecule has 23 heavy (non-hydrogen) atoms. The number of para-hydroxylation sites is 1.